The van der Waals surface area contributed by atoms with Gasteiger partial charge in [-0.3, -0.25) is 0 Å². The molecule has 0 fully saturated rings. The monoisotopic (exact) mass is 469 g/mol. The highest BCUT2D eigenvalue weighted by Crippen LogP contribution is 2.28. The molecule has 0 spiro atoms. The van der Waals surface area contributed by atoms with Crippen molar-refractivity contribution >= 4 is 17.3 Å². The predicted molar refractivity (Wildman–Crippen MR) is 140 cm³/mol. The predicted octanol–water partition coefficient (Wildman–Crippen LogP) is 7.34. The Hall–Kier alpha value is -3.24. The molecule has 0 aliphatic carbocycles. The van der Waals surface area contributed by atoms with Gasteiger partial charge in [-0.1, -0.05) is 66.7 Å². The average molecular weight is 470 g/mol. The number of carbonyl (C=O) groups excluding carboxylic acids is 1. The van der Waals surface area contributed by atoms with Crippen LogP contribution in [0.2, 0.25) is 0 Å². The summed E-state index contributed by atoms with van der Waals surface area (Å²) in [4.78, 5) is 16.7. The zero-order valence-electron chi connectivity index (χ0n) is 19.7. The number of aryl methyl sites for hydroxylation is 4. The number of ether oxygens (including phenoxy) is 1. The van der Waals surface area contributed by atoms with Crippen LogP contribution in [0.4, 0.5) is 0 Å². The van der Waals surface area contributed by atoms with E-state index in [2.05, 4.69) is 83.8 Å². The summed E-state index contributed by atoms with van der Waals surface area (Å²) in [5.41, 5.74) is 6.89. The third-order valence-electron chi connectivity index (χ3n) is 5.84. The van der Waals surface area contributed by atoms with Crippen molar-refractivity contribution in [2.45, 2.75) is 45.4 Å². The van der Waals surface area contributed by atoms with E-state index in [4.69, 9.17) is 4.74 Å². The van der Waals surface area contributed by atoms with E-state index < -0.39 is 0 Å². The van der Waals surface area contributed by atoms with E-state index in [9.17, 15) is 4.79 Å². The zero-order valence-corrected chi connectivity index (χ0v) is 20.5. The Morgan fingerprint density at radius 3 is 1.82 bits per heavy atom. The summed E-state index contributed by atoms with van der Waals surface area (Å²) in [5.74, 6) is -0.355. The number of aromatic nitrogens is 1. The van der Waals surface area contributed by atoms with E-state index in [-0.39, 0.29) is 5.97 Å². The second-order valence-corrected chi connectivity index (χ2v) is 9.33. The highest BCUT2D eigenvalue weighted by molar-refractivity contribution is 7.13. The lowest BCUT2D eigenvalue weighted by molar-refractivity contribution is 0.0520. The van der Waals surface area contributed by atoms with Crippen LogP contribution in [0.15, 0.2) is 84.2 Å². The van der Waals surface area contributed by atoms with Crippen molar-refractivity contribution in [2.24, 2.45) is 0 Å². The van der Waals surface area contributed by atoms with E-state index in [1.54, 1.807) is 5.38 Å². The normalized spacial score (nSPS) is 10.9. The van der Waals surface area contributed by atoms with Crippen LogP contribution in [-0.4, -0.2) is 17.6 Å². The van der Waals surface area contributed by atoms with E-state index in [0.717, 1.165) is 49.1 Å². The summed E-state index contributed by atoms with van der Waals surface area (Å²) in [6.07, 6.45) is 6.37. The molecule has 0 bridgehead atoms. The summed E-state index contributed by atoms with van der Waals surface area (Å²) in [7, 11) is 0. The maximum atomic E-state index is 12.1. The summed E-state index contributed by atoms with van der Waals surface area (Å²) < 4.78 is 5.12. The molecule has 0 amide bonds. The molecule has 34 heavy (non-hydrogen) atoms. The molecular weight excluding hydrogens is 438 g/mol. The minimum Gasteiger partial charge on any atom is -0.461 e. The molecule has 4 rings (SSSR count). The molecule has 1 aromatic heterocycles. The summed E-state index contributed by atoms with van der Waals surface area (Å²) >= 11 is 1.50. The fourth-order valence-electron chi connectivity index (χ4n) is 4.16. The first-order valence-electron chi connectivity index (χ1n) is 12.0. The van der Waals surface area contributed by atoms with Crippen molar-refractivity contribution in [1.29, 1.82) is 0 Å². The maximum Gasteiger partial charge on any atom is 0.357 e. The van der Waals surface area contributed by atoms with Gasteiger partial charge in [-0.2, -0.15) is 0 Å². The number of carbonyl (C=O) groups is 1. The van der Waals surface area contributed by atoms with Gasteiger partial charge in [0.2, 0.25) is 0 Å². The van der Waals surface area contributed by atoms with Crippen LogP contribution < -0.4 is 0 Å². The fraction of sp³-hybridized carbons (Fsp3) is 0.267. The number of thiazole rings is 1. The highest BCUT2D eigenvalue weighted by Gasteiger charge is 2.14. The van der Waals surface area contributed by atoms with Gasteiger partial charge in [-0.25, -0.2) is 9.78 Å². The van der Waals surface area contributed by atoms with Crippen molar-refractivity contribution in [2.75, 3.05) is 6.61 Å². The molecule has 0 saturated heterocycles. The molecular formula is C30H31NO2S. The Balaban J connectivity index is 1.49. The lowest BCUT2D eigenvalue weighted by Gasteiger charge is -2.10. The van der Waals surface area contributed by atoms with Gasteiger partial charge in [0.1, 0.15) is 5.01 Å². The van der Waals surface area contributed by atoms with Crippen molar-refractivity contribution in [3.8, 4) is 10.6 Å². The molecule has 4 heteroatoms. The summed E-state index contributed by atoms with van der Waals surface area (Å²) in [5, 5.41) is 2.67. The number of hydrogen-bond acceptors (Lipinski definition) is 4. The maximum absolute atomic E-state index is 12.1. The topological polar surface area (TPSA) is 39.2 Å². The van der Waals surface area contributed by atoms with Crippen LogP contribution in [0, 0.1) is 0 Å². The Bertz CT molecular complexity index is 1120. The smallest absolute Gasteiger partial charge is 0.357 e. The Morgan fingerprint density at radius 1 is 0.765 bits per heavy atom. The van der Waals surface area contributed by atoms with Gasteiger partial charge in [0.25, 0.3) is 0 Å². The molecule has 0 aliphatic rings. The second-order valence-electron chi connectivity index (χ2n) is 8.47. The molecule has 0 radical (unpaired) electrons. The van der Waals surface area contributed by atoms with Crippen LogP contribution in [0.3, 0.4) is 0 Å². The van der Waals surface area contributed by atoms with Crippen LogP contribution in [0.25, 0.3) is 10.6 Å². The van der Waals surface area contributed by atoms with Gasteiger partial charge in [0, 0.05) is 10.9 Å². The van der Waals surface area contributed by atoms with E-state index in [0.29, 0.717) is 12.3 Å². The van der Waals surface area contributed by atoms with Gasteiger partial charge >= 0.3 is 5.97 Å². The largest absolute Gasteiger partial charge is 0.461 e. The third kappa shape index (κ3) is 6.88. The molecule has 0 atom stereocenters. The molecule has 3 nitrogen and oxygen atoms in total. The number of hydrogen-bond donors (Lipinski definition) is 0. The standard InChI is InChI=1S/C30H31NO2S/c1-2-33-30(32)28-22-34-29(31-28)27-20-25(17-9-15-23-11-5-3-6-12-23)19-26(21-27)18-10-16-24-13-7-4-8-14-24/h3-8,11-14,19-22H,2,9-10,15-18H2,1H3. The van der Waals surface area contributed by atoms with Crippen LogP contribution in [0.5, 0.6) is 0 Å². The first-order chi connectivity index (χ1) is 16.7. The summed E-state index contributed by atoms with van der Waals surface area (Å²) in [6.45, 7) is 2.17. The minimum atomic E-state index is -0.355. The molecule has 0 saturated carbocycles. The Labute approximate surface area is 206 Å². The van der Waals surface area contributed by atoms with Gasteiger partial charge < -0.3 is 4.74 Å². The van der Waals surface area contributed by atoms with Crippen LogP contribution >= 0.6 is 11.3 Å². The third-order valence-corrected chi connectivity index (χ3v) is 6.73. The average Bonchev–Trinajstić information content (AvgIpc) is 3.36. The first kappa shape index (κ1) is 23.9. The Morgan fingerprint density at radius 2 is 1.29 bits per heavy atom. The first-order valence-corrected chi connectivity index (χ1v) is 12.9. The molecule has 1 heterocycles. The molecule has 0 N–H and O–H groups in total. The number of rotatable bonds is 11. The zero-order chi connectivity index (χ0) is 23.6. The van der Waals surface area contributed by atoms with E-state index in [1.165, 1.54) is 33.6 Å². The highest BCUT2D eigenvalue weighted by atomic mass is 32.1. The van der Waals surface area contributed by atoms with E-state index in [1.807, 2.05) is 6.92 Å². The quantitative estimate of drug-likeness (QED) is 0.216. The van der Waals surface area contributed by atoms with Crippen molar-refractivity contribution in [3.05, 3.63) is 112 Å². The number of esters is 1. The molecule has 3 aromatic carbocycles. The lowest BCUT2D eigenvalue weighted by Crippen LogP contribution is -2.04. The molecule has 0 aliphatic heterocycles. The molecule has 0 unspecified atom stereocenters. The van der Waals surface area contributed by atoms with Crippen molar-refractivity contribution < 1.29 is 9.53 Å². The Kier molecular flexibility index (Phi) is 8.64. The number of nitrogens with zero attached hydrogens (tertiary/aromatic N) is 1. The minimum absolute atomic E-state index is 0.355. The van der Waals surface area contributed by atoms with E-state index >= 15 is 0 Å². The second kappa shape index (κ2) is 12.3. The SMILES string of the molecule is CCOC(=O)c1csc(-c2cc(CCCc3ccccc3)cc(CCCc3ccccc3)c2)n1. The number of benzene rings is 3. The van der Waals surface area contributed by atoms with Gasteiger partial charge in [0.15, 0.2) is 5.69 Å². The van der Waals surface area contributed by atoms with Gasteiger partial charge in [-0.05, 0) is 79.8 Å². The van der Waals surface area contributed by atoms with Crippen molar-refractivity contribution in [1.82, 2.24) is 4.98 Å². The lowest BCUT2D eigenvalue weighted by atomic mass is 9.97. The van der Waals surface area contributed by atoms with Crippen LogP contribution in [0.1, 0.15) is 52.5 Å². The van der Waals surface area contributed by atoms with Crippen molar-refractivity contribution in [3.63, 3.8) is 0 Å². The molecule has 174 valence electrons. The van der Waals surface area contributed by atoms with Gasteiger partial charge in [-0.15, -0.1) is 11.3 Å². The van der Waals surface area contributed by atoms with Gasteiger partial charge in [0.05, 0.1) is 6.61 Å². The molecule has 4 aromatic rings. The van der Waals surface area contributed by atoms with Crippen LogP contribution in [-0.2, 0) is 30.4 Å². The fourth-order valence-corrected chi connectivity index (χ4v) is 4.94. The summed E-state index contributed by atoms with van der Waals surface area (Å²) in [6, 6.07) is 28.1.